The normalized spacial score (nSPS) is 14.4. The lowest BCUT2D eigenvalue weighted by Gasteiger charge is -2.25. The molecule has 56 heavy (non-hydrogen) atoms. The molecule has 8 aromatic rings. The molecule has 7 aromatic carbocycles. The van der Waals surface area contributed by atoms with Crippen molar-refractivity contribution in [1.82, 2.24) is 4.68 Å². The van der Waals surface area contributed by atoms with Crippen LogP contribution in [0.2, 0.25) is 0 Å². The molecular weight excluding hydrogens is 701 g/mol. The zero-order valence-corrected chi connectivity index (χ0v) is 30.4. The first-order chi connectivity index (χ1) is 27.3. The average molecular weight is 735 g/mol. The number of aromatic hydroxyl groups is 2. The number of phenolic OH excluding ortho intramolecular Hbond substituents is 2. The quantitative estimate of drug-likeness (QED) is 0.0958. The molecule has 2 heterocycles. The van der Waals surface area contributed by atoms with Gasteiger partial charge in [-0.05, 0) is 88.6 Å². The van der Waals surface area contributed by atoms with E-state index < -0.39 is 5.97 Å². The Morgan fingerprint density at radius 2 is 1.23 bits per heavy atom. The van der Waals surface area contributed by atoms with Crippen molar-refractivity contribution in [2.45, 2.75) is 13.0 Å². The van der Waals surface area contributed by atoms with Gasteiger partial charge in [0, 0.05) is 35.3 Å². The van der Waals surface area contributed by atoms with Gasteiger partial charge in [0.1, 0.15) is 28.6 Å². The minimum absolute atomic E-state index is 0.0145. The van der Waals surface area contributed by atoms with Crippen LogP contribution in [0.1, 0.15) is 24.1 Å². The fourth-order valence-electron chi connectivity index (χ4n) is 7.37. The summed E-state index contributed by atoms with van der Waals surface area (Å²) < 4.78 is 7.57. The smallest absolute Gasteiger partial charge is 0.308 e. The van der Waals surface area contributed by atoms with Gasteiger partial charge in [0.15, 0.2) is 0 Å². The van der Waals surface area contributed by atoms with Crippen LogP contribution in [0.5, 0.6) is 17.2 Å². The molecule has 10 heteroatoms. The number of carbonyl (C=O) groups is 1. The average Bonchev–Trinajstić information content (AvgIpc) is 3.70. The van der Waals surface area contributed by atoms with Gasteiger partial charge in [-0.1, -0.05) is 84.9 Å². The molecule has 1 unspecified atom stereocenters. The Bertz CT molecular complexity index is 3050. The number of hydrogen-bond donors (Lipinski definition) is 2. The zero-order chi connectivity index (χ0) is 38.3. The van der Waals surface area contributed by atoms with Crippen LogP contribution in [0.3, 0.4) is 0 Å². The lowest BCUT2D eigenvalue weighted by Crippen LogP contribution is -2.35. The van der Waals surface area contributed by atoms with E-state index in [-0.39, 0.29) is 17.5 Å². The van der Waals surface area contributed by atoms with Gasteiger partial charge < -0.3 is 20.0 Å². The van der Waals surface area contributed by atoms with Gasteiger partial charge in [-0.2, -0.15) is 0 Å². The molecule has 1 aromatic heterocycles. The zero-order valence-electron chi connectivity index (χ0n) is 30.4. The van der Waals surface area contributed by atoms with Crippen LogP contribution in [0.15, 0.2) is 160 Å². The van der Waals surface area contributed by atoms with Crippen LogP contribution < -0.4 is 20.3 Å². The maximum absolute atomic E-state index is 11.9. The highest BCUT2D eigenvalue weighted by molar-refractivity contribution is 5.93. The Kier molecular flexibility index (Phi) is 8.55. The molecule has 0 aliphatic carbocycles. The third kappa shape index (κ3) is 6.28. The number of carbonyl (C=O) groups excluding carboxylic acids is 1. The Balaban J connectivity index is 1.08. The van der Waals surface area contributed by atoms with Crippen molar-refractivity contribution < 1.29 is 19.7 Å². The second-order valence-electron chi connectivity index (χ2n) is 13.6. The van der Waals surface area contributed by atoms with Crippen molar-refractivity contribution in [2.24, 2.45) is 20.5 Å². The summed E-state index contributed by atoms with van der Waals surface area (Å²) in [6, 6.07) is 43.6. The van der Waals surface area contributed by atoms with Crippen molar-refractivity contribution >= 4 is 73.3 Å². The molecule has 1 aliphatic rings. The monoisotopic (exact) mass is 734 g/mol. The number of nitrogens with zero attached hydrogens (tertiary/aromatic N) is 6. The van der Waals surface area contributed by atoms with E-state index in [0.29, 0.717) is 22.8 Å². The number of fused-ring (bicyclic) bond motifs is 5. The van der Waals surface area contributed by atoms with Crippen LogP contribution in [-0.2, 0) is 4.79 Å². The summed E-state index contributed by atoms with van der Waals surface area (Å²) in [7, 11) is 1.98. The lowest BCUT2D eigenvalue weighted by molar-refractivity contribution is -0.131. The van der Waals surface area contributed by atoms with Gasteiger partial charge in [0.2, 0.25) is 0 Å². The second kappa shape index (κ2) is 14.0. The van der Waals surface area contributed by atoms with E-state index >= 15 is 0 Å². The van der Waals surface area contributed by atoms with E-state index in [4.69, 9.17) is 4.74 Å². The number of esters is 1. The topological polar surface area (TPSA) is 124 Å². The number of hydrogen-bond acceptors (Lipinski definition) is 9. The standard InChI is InChI=1S/C46H34N6O4/c1-28(53)56-33-19-22-42-37(26-33)36(23-29-17-20-40(45(54)24-29)49-47-38-15-7-11-30-9-3-5-13-34(30)38)44-27-43(51(2)52(42)44)32-18-21-41(46(55)25-32)50-48-39-16-8-12-31-10-4-6-14-35(31)39/h3-27,43,54-55H,1-2H3. The number of azo groups is 2. The third-order valence-corrected chi connectivity index (χ3v) is 10.0. The van der Waals surface area contributed by atoms with Crippen LogP contribution in [0.25, 0.3) is 44.6 Å². The van der Waals surface area contributed by atoms with Crippen molar-refractivity contribution in [2.75, 3.05) is 12.1 Å². The molecule has 0 radical (unpaired) electrons. The summed E-state index contributed by atoms with van der Waals surface area (Å²) in [5.41, 5.74) is 4.60. The number of phenols is 2. The van der Waals surface area contributed by atoms with E-state index in [9.17, 15) is 15.0 Å². The largest absolute Gasteiger partial charge is 0.506 e. The van der Waals surface area contributed by atoms with Crippen LogP contribution in [0, 0.1) is 0 Å². The third-order valence-electron chi connectivity index (χ3n) is 10.0. The lowest BCUT2D eigenvalue weighted by atomic mass is 10.0. The van der Waals surface area contributed by atoms with Crippen molar-refractivity contribution in [3.8, 4) is 17.2 Å². The van der Waals surface area contributed by atoms with E-state index in [1.807, 2.05) is 122 Å². The van der Waals surface area contributed by atoms with Gasteiger partial charge in [0.05, 0.1) is 28.3 Å². The molecule has 1 aliphatic heterocycles. The first-order valence-corrected chi connectivity index (χ1v) is 18.1. The Hall–Kier alpha value is -7.59. The predicted molar refractivity (Wildman–Crippen MR) is 220 cm³/mol. The first kappa shape index (κ1) is 34.2. The molecule has 2 N–H and O–H groups in total. The minimum atomic E-state index is -0.413. The molecule has 0 bridgehead atoms. The molecule has 272 valence electrons. The molecule has 0 saturated heterocycles. The van der Waals surface area contributed by atoms with Gasteiger partial charge in [-0.15, -0.1) is 20.5 Å². The van der Waals surface area contributed by atoms with Gasteiger partial charge in [0.25, 0.3) is 0 Å². The molecule has 9 rings (SSSR count). The molecule has 0 amide bonds. The SMILES string of the molecule is CC(=O)Oc1ccc2c(c1)c(=Cc1ccc(N=Nc3cccc4ccccc34)c(O)c1)c1n2N(C)C(c2ccc(N=Nc3cccc4ccccc34)c(O)c2)C=1. The highest BCUT2D eigenvalue weighted by Crippen LogP contribution is 2.36. The van der Waals surface area contributed by atoms with E-state index in [1.165, 1.54) is 6.92 Å². The molecular formula is C46H34N6O4. The number of aromatic nitrogens is 1. The molecule has 10 nitrogen and oxygen atoms in total. The molecule has 0 spiro atoms. The fraction of sp³-hybridized carbons (Fsp3) is 0.0652. The van der Waals surface area contributed by atoms with Crippen LogP contribution >= 0.6 is 0 Å². The fourth-order valence-corrected chi connectivity index (χ4v) is 7.37. The Morgan fingerprint density at radius 1 is 0.643 bits per heavy atom. The van der Waals surface area contributed by atoms with E-state index in [2.05, 4.69) is 36.2 Å². The highest BCUT2D eigenvalue weighted by Gasteiger charge is 2.26. The molecule has 1 atom stereocenters. The van der Waals surface area contributed by atoms with Crippen LogP contribution in [-0.4, -0.2) is 27.9 Å². The predicted octanol–water partition coefficient (Wildman–Crippen LogP) is 10.0. The first-order valence-electron chi connectivity index (χ1n) is 18.1. The van der Waals surface area contributed by atoms with Gasteiger partial charge in [-0.25, -0.2) is 0 Å². The number of ether oxygens (including phenoxy) is 1. The number of benzene rings is 7. The summed E-state index contributed by atoms with van der Waals surface area (Å²) in [6.07, 6.45) is 4.11. The maximum Gasteiger partial charge on any atom is 0.308 e. The highest BCUT2D eigenvalue weighted by atomic mass is 16.5. The van der Waals surface area contributed by atoms with E-state index in [0.717, 1.165) is 59.8 Å². The van der Waals surface area contributed by atoms with Crippen molar-refractivity contribution in [3.05, 3.63) is 161 Å². The second-order valence-corrected chi connectivity index (χ2v) is 13.6. The molecule has 0 fully saturated rings. The van der Waals surface area contributed by atoms with Crippen LogP contribution in [0.4, 0.5) is 22.7 Å². The minimum Gasteiger partial charge on any atom is -0.506 e. The summed E-state index contributed by atoms with van der Waals surface area (Å²) in [5, 5.41) is 48.7. The Morgan fingerprint density at radius 3 is 1.86 bits per heavy atom. The Labute approximate surface area is 320 Å². The summed E-state index contributed by atoms with van der Waals surface area (Å²) in [4.78, 5) is 11.9. The summed E-state index contributed by atoms with van der Waals surface area (Å²) >= 11 is 0. The maximum atomic E-state index is 11.9. The van der Waals surface area contributed by atoms with Gasteiger partial charge >= 0.3 is 5.97 Å². The van der Waals surface area contributed by atoms with Gasteiger partial charge in [-0.3, -0.25) is 9.47 Å². The molecule has 0 saturated carbocycles. The number of rotatable bonds is 7. The summed E-state index contributed by atoms with van der Waals surface area (Å²) in [5.74, 6) is 0.00754. The van der Waals surface area contributed by atoms with Crippen molar-refractivity contribution in [3.63, 3.8) is 0 Å². The van der Waals surface area contributed by atoms with E-state index in [1.54, 1.807) is 30.3 Å². The van der Waals surface area contributed by atoms with Crippen molar-refractivity contribution in [1.29, 1.82) is 0 Å². The summed E-state index contributed by atoms with van der Waals surface area (Å²) in [6.45, 7) is 1.37.